The van der Waals surface area contributed by atoms with Gasteiger partial charge in [0.2, 0.25) is 0 Å². The number of hydrogen-bond acceptors (Lipinski definition) is 5. The molecule has 1 aromatic carbocycles. The van der Waals surface area contributed by atoms with Gasteiger partial charge in [0.15, 0.2) is 9.84 Å². The van der Waals surface area contributed by atoms with Crippen molar-refractivity contribution < 1.29 is 18.3 Å². The zero-order valence-electron chi connectivity index (χ0n) is 11.2. The molecule has 0 saturated heterocycles. The topological polar surface area (TPSA) is 63.6 Å². The van der Waals surface area contributed by atoms with Crippen molar-refractivity contribution in [3.05, 3.63) is 52.2 Å². The first-order chi connectivity index (χ1) is 9.35. The summed E-state index contributed by atoms with van der Waals surface area (Å²) >= 11 is 1.33. The maximum absolute atomic E-state index is 11.7. The molecule has 108 valence electrons. The SMILES string of the molecule is COc1ccc(C(O)(CS(C)(=O)=O)c2cccs2)cc1. The van der Waals surface area contributed by atoms with E-state index in [1.807, 2.05) is 5.38 Å². The first-order valence-corrected chi connectivity index (χ1v) is 8.88. The van der Waals surface area contributed by atoms with Gasteiger partial charge in [0, 0.05) is 11.1 Å². The summed E-state index contributed by atoms with van der Waals surface area (Å²) in [6.45, 7) is 0. The highest BCUT2D eigenvalue weighted by Crippen LogP contribution is 2.34. The molecule has 4 nitrogen and oxygen atoms in total. The third-order valence-electron chi connectivity index (χ3n) is 2.97. The lowest BCUT2D eigenvalue weighted by molar-refractivity contribution is 0.109. The van der Waals surface area contributed by atoms with Crippen LogP contribution in [0.4, 0.5) is 0 Å². The van der Waals surface area contributed by atoms with E-state index in [2.05, 4.69) is 0 Å². The first kappa shape index (κ1) is 15.0. The molecule has 0 bridgehead atoms. The predicted octanol–water partition coefficient (Wildman–Crippen LogP) is 2.04. The molecule has 1 atom stereocenters. The molecule has 1 unspecified atom stereocenters. The van der Waals surface area contributed by atoms with E-state index in [9.17, 15) is 13.5 Å². The summed E-state index contributed by atoms with van der Waals surface area (Å²) in [6, 6.07) is 10.3. The highest BCUT2D eigenvalue weighted by atomic mass is 32.2. The minimum absolute atomic E-state index is 0.354. The molecule has 0 aliphatic heterocycles. The van der Waals surface area contributed by atoms with Crippen molar-refractivity contribution in [2.45, 2.75) is 5.60 Å². The van der Waals surface area contributed by atoms with Crippen LogP contribution in [0, 0.1) is 0 Å². The summed E-state index contributed by atoms with van der Waals surface area (Å²) in [5.74, 6) is 0.300. The number of aliphatic hydroxyl groups is 1. The molecule has 0 radical (unpaired) electrons. The molecule has 0 aliphatic carbocycles. The van der Waals surface area contributed by atoms with Crippen LogP contribution in [0.15, 0.2) is 41.8 Å². The molecule has 2 aromatic rings. The number of hydrogen-bond donors (Lipinski definition) is 1. The van der Waals surface area contributed by atoms with Crippen molar-refractivity contribution >= 4 is 21.2 Å². The van der Waals surface area contributed by atoms with Crippen LogP contribution >= 0.6 is 11.3 Å². The van der Waals surface area contributed by atoms with E-state index in [1.165, 1.54) is 11.3 Å². The molecule has 0 amide bonds. The predicted molar refractivity (Wildman–Crippen MR) is 80.0 cm³/mol. The largest absolute Gasteiger partial charge is 0.497 e. The van der Waals surface area contributed by atoms with E-state index >= 15 is 0 Å². The van der Waals surface area contributed by atoms with Gasteiger partial charge < -0.3 is 9.84 Å². The second kappa shape index (κ2) is 5.55. The lowest BCUT2D eigenvalue weighted by atomic mass is 9.94. The van der Waals surface area contributed by atoms with E-state index in [0.29, 0.717) is 16.2 Å². The smallest absolute Gasteiger partial charge is 0.151 e. The van der Waals surface area contributed by atoms with Gasteiger partial charge in [-0.3, -0.25) is 0 Å². The van der Waals surface area contributed by atoms with Gasteiger partial charge in [0.1, 0.15) is 11.4 Å². The molecule has 6 heteroatoms. The van der Waals surface area contributed by atoms with Crippen molar-refractivity contribution in [3.63, 3.8) is 0 Å². The second-order valence-corrected chi connectivity index (χ2v) is 7.72. The van der Waals surface area contributed by atoms with Gasteiger partial charge in [0.05, 0.1) is 12.9 Å². The van der Waals surface area contributed by atoms with Gasteiger partial charge in [-0.05, 0) is 29.1 Å². The molecule has 1 heterocycles. The molecule has 1 N–H and O–H groups in total. The average molecular weight is 312 g/mol. The summed E-state index contributed by atoms with van der Waals surface area (Å²) in [6.07, 6.45) is 1.12. The summed E-state index contributed by atoms with van der Waals surface area (Å²) < 4.78 is 28.4. The maximum atomic E-state index is 11.7. The van der Waals surface area contributed by atoms with Crippen molar-refractivity contribution in [2.24, 2.45) is 0 Å². The Kier molecular flexibility index (Phi) is 4.17. The van der Waals surface area contributed by atoms with Crippen LogP contribution in [0.2, 0.25) is 0 Å². The zero-order chi connectivity index (χ0) is 14.8. The molecular formula is C14H16O4S2. The van der Waals surface area contributed by atoms with Crippen LogP contribution in [0.1, 0.15) is 10.4 Å². The van der Waals surface area contributed by atoms with Crippen LogP contribution in [0.5, 0.6) is 5.75 Å². The molecule has 0 fully saturated rings. The minimum Gasteiger partial charge on any atom is -0.497 e. The average Bonchev–Trinajstić information content (AvgIpc) is 2.91. The fourth-order valence-electron chi connectivity index (χ4n) is 2.06. The second-order valence-electron chi connectivity index (χ2n) is 4.64. The van der Waals surface area contributed by atoms with E-state index in [-0.39, 0.29) is 5.75 Å². The van der Waals surface area contributed by atoms with Crippen molar-refractivity contribution in [3.8, 4) is 5.75 Å². The summed E-state index contributed by atoms with van der Waals surface area (Å²) in [7, 11) is -1.79. The standard InChI is InChI=1S/C14H16O4S2/c1-18-12-7-5-11(6-8-12)14(15,10-20(2,16)17)13-4-3-9-19-13/h3-9,15H,10H2,1-2H3. The first-order valence-electron chi connectivity index (χ1n) is 5.94. The Bertz CT molecular complexity index is 660. The Hall–Kier alpha value is -1.37. The molecule has 2 rings (SSSR count). The fraction of sp³-hybridized carbons (Fsp3) is 0.286. The molecule has 1 aromatic heterocycles. The quantitative estimate of drug-likeness (QED) is 0.917. The van der Waals surface area contributed by atoms with E-state index < -0.39 is 15.4 Å². The Labute approximate surface area is 122 Å². The Morgan fingerprint density at radius 2 is 1.90 bits per heavy atom. The zero-order valence-corrected chi connectivity index (χ0v) is 12.9. The van der Waals surface area contributed by atoms with E-state index in [0.717, 1.165) is 6.26 Å². The highest BCUT2D eigenvalue weighted by molar-refractivity contribution is 7.90. The minimum atomic E-state index is -3.35. The summed E-state index contributed by atoms with van der Waals surface area (Å²) in [4.78, 5) is 0.605. The van der Waals surface area contributed by atoms with Gasteiger partial charge >= 0.3 is 0 Å². The van der Waals surface area contributed by atoms with Crippen LogP contribution < -0.4 is 4.74 Å². The van der Waals surface area contributed by atoms with Gasteiger partial charge in [0.25, 0.3) is 0 Å². The van der Waals surface area contributed by atoms with Gasteiger partial charge in [-0.25, -0.2) is 8.42 Å². The monoisotopic (exact) mass is 312 g/mol. The van der Waals surface area contributed by atoms with Crippen LogP contribution in [0.3, 0.4) is 0 Å². The van der Waals surface area contributed by atoms with Crippen molar-refractivity contribution in [1.82, 2.24) is 0 Å². The van der Waals surface area contributed by atoms with Crippen LogP contribution in [0.25, 0.3) is 0 Å². The number of sulfone groups is 1. The lowest BCUT2D eigenvalue weighted by Gasteiger charge is -2.27. The normalized spacial score (nSPS) is 14.8. The van der Waals surface area contributed by atoms with Crippen molar-refractivity contribution in [2.75, 3.05) is 19.1 Å². The number of rotatable bonds is 5. The molecule has 0 aliphatic rings. The Balaban J connectivity index is 2.51. The molecule has 20 heavy (non-hydrogen) atoms. The van der Waals surface area contributed by atoms with E-state index in [1.54, 1.807) is 43.5 Å². The number of thiophene rings is 1. The maximum Gasteiger partial charge on any atom is 0.151 e. The third-order valence-corrected chi connectivity index (χ3v) is 4.93. The van der Waals surface area contributed by atoms with Crippen LogP contribution in [-0.2, 0) is 15.4 Å². The summed E-state index contributed by atoms with van der Waals surface area (Å²) in [5, 5.41) is 12.7. The van der Waals surface area contributed by atoms with Gasteiger partial charge in [-0.2, -0.15) is 0 Å². The highest BCUT2D eigenvalue weighted by Gasteiger charge is 2.36. The molecule has 0 spiro atoms. The van der Waals surface area contributed by atoms with Crippen LogP contribution in [-0.4, -0.2) is 32.6 Å². The van der Waals surface area contributed by atoms with Gasteiger partial charge in [-0.1, -0.05) is 18.2 Å². The number of benzene rings is 1. The van der Waals surface area contributed by atoms with E-state index in [4.69, 9.17) is 4.74 Å². The van der Waals surface area contributed by atoms with Gasteiger partial charge in [-0.15, -0.1) is 11.3 Å². The molecule has 0 saturated carbocycles. The van der Waals surface area contributed by atoms with Crippen molar-refractivity contribution in [1.29, 1.82) is 0 Å². The fourth-order valence-corrected chi connectivity index (χ4v) is 4.08. The summed E-state index contributed by atoms with van der Waals surface area (Å²) in [5.41, 5.74) is -1.00. The Morgan fingerprint density at radius 1 is 1.25 bits per heavy atom. The third kappa shape index (κ3) is 3.20. The number of methoxy groups -OCH3 is 1. The molecular weight excluding hydrogens is 296 g/mol. The number of ether oxygens (including phenoxy) is 1. The Morgan fingerprint density at radius 3 is 2.35 bits per heavy atom. The lowest BCUT2D eigenvalue weighted by Crippen LogP contribution is -2.34.